The Bertz CT molecular complexity index is 618. The topological polar surface area (TPSA) is 41.6 Å². The summed E-state index contributed by atoms with van der Waals surface area (Å²) in [6.45, 7) is -0.365. The molecule has 7 heteroatoms. The highest BCUT2D eigenvalue weighted by atomic mass is 32.1. The zero-order valence-corrected chi connectivity index (χ0v) is 13.6. The van der Waals surface area contributed by atoms with Crippen molar-refractivity contribution in [3.63, 3.8) is 0 Å². The van der Waals surface area contributed by atoms with Crippen LogP contribution in [0.1, 0.15) is 12.5 Å². The average molecular weight is 340 g/mol. The van der Waals surface area contributed by atoms with Crippen molar-refractivity contribution in [2.45, 2.75) is 26.1 Å². The minimum atomic E-state index is -2.86. The molecule has 23 heavy (non-hydrogen) atoms. The van der Waals surface area contributed by atoms with Crippen LogP contribution in [0.15, 0.2) is 41.1 Å². The lowest BCUT2D eigenvalue weighted by Crippen LogP contribution is -2.39. The highest BCUT2D eigenvalue weighted by Crippen LogP contribution is 2.18. The molecule has 1 N–H and O–H groups in total. The highest BCUT2D eigenvalue weighted by molar-refractivity contribution is 7.07. The third-order valence-corrected chi connectivity index (χ3v) is 4.13. The summed E-state index contributed by atoms with van der Waals surface area (Å²) in [5.41, 5.74) is 1.69. The second kappa shape index (κ2) is 8.03. The predicted molar refractivity (Wildman–Crippen MR) is 87.0 cm³/mol. The number of carbonyl (C=O) groups is 1. The standard InChI is InChI=1S/C16H18F2N2O2S/c1-11(20(2)9-12-7-8-23-10-12)15(21)19-13-3-5-14(6-4-13)22-16(17)18/h3-8,10-11,16H,9H2,1-2H3,(H,19,21)/t11-/m0/s1. The van der Waals surface area contributed by atoms with Gasteiger partial charge in [0.1, 0.15) is 5.75 Å². The van der Waals surface area contributed by atoms with Gasteiger partial charge in [0.25, 0.3) is 0 Å². The van der Waals surface area contributed by atoms with Gasteiger partial charge in [0, 0.05) is 12.2 Å². The Morgan fingerprint density at radius 1 is 1.30 bits per heavy atom. The summed E-state index contributed by atoms with van der Waals surface area (Å²) in [6.07, 6.45) is 0. The molecule has 0 unspecified atom stereocenters. The summed E-state index contributed by atoms with van der Waals surface area (Å²) in [7, 11) is 1.88. The number of benzene rings is 1. The van der Waals surface area contributed by atoms with Crippen LogP contribution in [0.4, 0.5) is 14.5 Å². The van der Waals surface area contributed by atoms with Gasteiger partial charge < -0.3 is 10.1 Å². The summed E-state index contributed by atoms with van der Waals surface area (Å²) >= 11 is 1.62. The fraction of sp³-hybridized carbons (Fsp3) is 0.312. The highest BCUT2D eigenvalue weighted by Gasteiger charge is 2.18. The second-order valence-electron chi connectivity index (χ2n) is 5.11. The SMILES string of the molecule is C[C@@H](C(=O)Nc1ccc(OC(F)F)cc1)N(C)Cc1ccsc1. The molecule has 0 aliphatic carbocycles. The second-order valence-corrected chi connectivity index (χ2v) is 5.89. The Labute approximate surface area is 137 Å². The molecule has 0 saturated heterocycles. The predicted octanol–water partition coefficient (Wildman–Crippen LogP) is 3.81. The number of nitrogens with one attached hydrogen (secondary N) is 1. The number of anilines is 1. The van der Waals surface area contributed by atoms with Gasteiger partial charge in [-0.2, -0.15) is 20.1 Å². The molecule has 1 aromatic heterocycles. The number of nitrogens with zero attached hydrogens (tertiary/aromatic N) is 1. The molecule has 4 nitrogen and oxygen atoms in total. The molecule has 0 aliphatic rings. The molecule has 0 spiro atoms. The number of ether oxygens (including phenoxy) is 1. The van der Waals surface area contributed by atoms with E-state index in [0.717, 1.165) is 5.56 Å². The molecule has 0 aliphatic heterocycles. The van der Waals surface area contributed by atoms with E-state index in [0.29, 0.717) is 12.2 Å². The number of likely N-dealkylation sites (N-methyl/N-ethyl adjacent to an activating group) is 1. The van der Waals surface area contributed by atoms with Gasteiger partial charge in [0.05, 0.1) is 6.04 Å². The van der Waals surface area contributed by atoms with Crippen molar-refractivity contribution in [3.05, 3.63) is 46.7 Å². The van der Waals surface area contributed by atoms with Gasteiger partial charge in [0.2, 0.25) is 5.91 Å². The van der Waals surface area contributed by atoms with Crippen LogP contribution >= 0.6 is 11.3 Å². The van der Waals surface area contributed by atoms with E-state index in [4.69, 9.17) is 0 Å². The zero-order chi connectivity index (χ0) is 16.8. The molecule has 0 bridgehead atoms. The fourth-order valence-corrected chi connectivity index (χ4v) is 2.63. The number of hydrogen-bond donors (Lipinski definition) is 1. The van der Waals surface area contributed by atoms with Gasteiger partial charge in [-0.1, -0.05) is 0 Å². The van der Waals surface area contributed by atoms with Crippen molar-refractivity contribution >= 4 is 22.9 Å². The number of amides is 1. The molecule has 124 valence electrons. The quantitative estimate of drug-likeness (QED) is 0.833. The van der Waals surface area contributed by atoms with Gasteiger partial charge >= 0.3 is 6.61 Å². The van der Waals surface area contributed by atoms with Crippen molar-refractivity contribution in [1.29, 1.82) is 0 Å². The molecule has 0 fully saturated rings. The van der Waals surface area contributed by atoms with Crippen molar-refractivity contribution in [3.8, 4) is 5.75 Å². The molecule has 1 aromatic carbocycles. The lowest BCUT2D eigenvalue weighted by molar-refractivity contribution is -0.120. The molecule has 1 amide bonds. The van der Waals surface area contributed by atoms with E-state index in [9.17, 15) is 13.6 Å². The number of halogens is 2. The monoisotopic (exact) mass is 340 g/mol. The Balaban J connectivity index is 1.89. The van der Waals surface area contributed by atoms with E-state index in [1.165, 1.54) is 24.3 Å². The number of carbonyl (C=O) groups excluding carboxylic acids is 1. The van der Waals surface area contributed by atoms with E-state index in [-0.39, 0.29) is 17.7 Å². The largest absolute Gasteiger partial charge is 0.435 e. The van der Waals surface area contributed by atoms with Crippen molar-refractivity contribution in [1.82, 2.24) is 4.90 Å². The summed E-state index contributed by atoms with van der Waals surface area (Å²) in [5.74, 6) is -0.106. The van der Waals surface area contributed by atoms with Crippen LogP contribution in [-0.2, 0) is 11.3 Å². The van der Waals surface area contributed by atoms with Crippen molar-refractivity contribution < 1.29 is 18.3 Å². The van der Waals surface area contributed by atoms with Crippen molar-refractivity contribution in [2.24, 2.45) is 0 Å². The first-order chi connectivity index (χ1) is 11.0. The van der Waals surface area contributed by atoms with E-state index >= 15 is 0 Å². The third-order valence-electron chi connectivity index (χ3n) is 3.40. The van der Waals surface area contributed by atoms with Gasteiger partial charge in [-0.25, -0.2) is 0 Å². The molecular weight excluding hydrogens is 322 g/mol. The Morgan fingerprint density at radius 2 is 2.00 bits per heavy atom. The minimum absolute atomic E-state index is 0.0561. The zero-order valence-electron chi connectivity index (χ0n) is 12.8. The molecule has 0 radical (unpaired) electrons. The van der Waals surface area contributed by atoms with Crippen LogP contribution in [-0.4, -0.2) is 30.5 Å². The van der Waals surface area contributed by atoms with Gasteiger partial charge in [0.15, 0.2) is 0 Å². The van der Waals surface area contributed by atoms with E-state index < -0.39 is 6.61 Å². The summed E-state index contributed by atoms with van der Waals surface area (Å²) in [4.78, 5) is 14.2. The molecule has 2 aromatic rings. The maximum atomic E-state index is 12.2. The van der Waals surface area contributed by atoms with Crippen LogP contribution in [0.5, 0.6) is 5.75 Å². The number of thiophene rings is 1. The molecular formula is C16H18F2N2O2S. The maximum absolute atomic E-state index is 12.2. The lowest BCUT2D eigenvalue weighted by Gasteiger charge is -2.23. The Morgan fingerprint density at radius 3 is 2.57 bits per heavy atom. The normalized spacial score (nSPS) is 12.4. The summed E-state index contributed by atoms with van der Waals surface area (Å²) in [5, 5.41) is 6.80. The molecule has 1 heterocycles. The average Bonchev–Trinajstić information content (AvgIpc) is 3.00. The van der Waals surface area contributed by atoms with E-state index in [1.807, 2.05) is 35.7 Å². The first kappa shape index (κ1) is 17.4. The Hall–Kier alpha value is -1.99. The Kier molecular flexibility index (Phi) is 6.06. The van der Waals surface area contributed by atoms with Gasteiger partial charge in [-0.15, -0.1) is 0 Å². The maximum Gasteiger partial charge on any atom is 0.387 e. The van der Waals surface area contributed by atoms with Crippen LogP contribution in [0, 0.1) is 0 Å². The van der Waals surface area contributed by atoms with E-state index in [2.05, 4.69) is 10.1 Å². The molecule has 1 atom stereocenters. The summed E-state index contributed by atoms with van der Waals surface area (Å²) < 4.78 is 28.4. The van der Waals surface area contributed by atoms with Crippen LogP contribution in [0.25, 0.3) is 0 Å². The van der Waals surface area contributed by atoms with Crippen LogP contribution in [0.2, 0.25) is 0 Å². The van der Waals surface area contributed by atoms with Crippen LogP contribution < -0.4 is 10.1 Å². The summed E-state index contributed by atoms with van der Waals surface area (Å²) in [6, 6.07) is 7.53. The van der Waals surface area contributed by atoms with Gasteiger partial charge in [-0.05, 0) is 60.6 Å². The van der Waals surface area contributed by atoms with Gasteiger partial charge in [-0.3, -0.25) is 9.69 Å². The first-order valence-corrected chi connectivity index (χ1v) is 7.97. The first-order valence-electron chi connectivity index (χ1n) is 7.03. The van der Waals surface area contributed by atoms with Crippen LogP contribution in [0.3, 0.4) is 0 Å². The molecule has 2 rings (SSSR count). The number of hydrogen-bond acceptors (Lipinski definition) is 4. The lowest BCUT2D eigenvalue weighted by atomic mass is 10.2. The molecule has 0 saturated carbocycles. The fourth-order valence-electron chi connectivity index (χ4n) is 1.97. The third kappa shape index (κ3) is 5.30. The van der Waals surface area contributed by atoms with Crippen molar-refractivity contribution in [2.75, 3.05) is 12.4 Å². The number of alkyl halides is 2. The minimum Gasteiger partial charge on any atom is -0.435 e. The smallest absolute Gasteiger partial charge is 0.387 e. The number of rotatable bonds is 7. The van der Waals surface area contributed by atoms with E-state index in [1.54, 1.807) is 11.3 Å².